The van der Waals surface area contributed by atoms with Gasteiger partial charge in [-0.3, -0.25) is 0 Å². The van der Waals surface area contributed by atoms with Gasteiger partial charge in [-0.25, -0.2) is 0 Å². The SMILES string of the molecule is CNC1CCC(N(C)CC2CCCCC2)CC1. The molecule has 2 heteroatoms. The molecule has 0 aromatic heterocycles. The maximum Gasteiger partial charge on any atom is 0.00934 e. The van der Waals surface area contributed by atoms with Crippen LogP contribution in [-0.4, -0.2) is 37.6 Å². The number of hydrogen-bond acceptors (Lipinski definition) is 2. The molecule has 100 valence electrons. The number of hydrogen-bond donors (Lipinski definition) is 1. The Kier molecular flexibility index (Phi) is 5.30. The second-order valence-corrected chi connectivity index (χ2v) is 6.24. The molecule has 0 saturated heterocycles. The van der Waals surface area contributed by atoms with Gasteiger partial charge in [0.1, 0.15) is 0 Å². The van der Waals surface area contributed by atoms with Crippen molar-refractivity contribution in [2.45, 2.75) is 69.9 Å². The summed E-state index contributed by atoms with van der Waals surface area (Å²) < 4.78 is 0. The minimum Gasteiger partial charge on any atom is -0.317 e. The van der Waals surface area contributed by atoms with E-state index in [1.165, 1.54) is 64.3 Å². The highest BCUT2D eigenvalue weighted by atomic mass is 15.1. The van der Waals surface area contributed by atoms with Crippen molar-refractivity contribution in [2.24, 2.45) is 5.92 Å². The summed E-state index contributed by atoms with van der Waals surface area (Å²) in [5.41, 5.74) is 0. The second-order valence-electron chi connectivity index (χ2n) is 6.24. The third kappa shape index (κ3) is 3.96. The molecule has 0 aromatic rings. The molecule has 2 aliphatic rings. The molecule has 0 aromatic carbocycles. The standard InChI is InChI=1S/C15H30N2/c1-16-14-8-10-15(11-9-14)17(2)12-13-6-4-3-5-7-13/h13-16H,3-12H2,1-2H3. The molecule has 0 aliphatic heterocycles. The lowest BCUT2D eigenvalue weighted by Gasteiger charge is -2.37. The Balaban J connectivity index is 1.70. The van der Waals surface area contributed by atoms with Gasteiger partial charge in [0.15, 0.2) is 0 Å². The topological polar surface area (TPSA) is 15.3 Å². The Hall–Kier alpha value is -0.0800. The molecule has 0 atom stereocenters. The molecular weight excluding hydrogens is 208 g/mol. The Morgan fingerprint density at radius 2 is 1.59 bits per heavy atom. The average Bonchev–Trinajstić information content (AvgIpc) is 2.40. The first kappa shape index (κ1) is 13.4. The normalized spacial score (nSPS) is 31.9. The van der Waals surface area contributed by atoms with Gasteiger partial charge in [0.2, 0.25) is 0 Å². The Morgan fingerprint density at radius 1 is 0.941 bits per heavy atom. The van der Waals surface area contributed by atoms with E-state index in [1.54, 1.807) is 0 Å². The molecule has 2 rings (SSSR count). The van der Waals surface area contributed by atoms with Crippen LogP contribution in [0.4, 0.5) is 0 Å². The van der Waals surface area contributed by atoms with E-state index < -0.39 is 0 Å². The first-order valence-electron chi connectivity index (χ1n) is 7.67. The zero-order chi connectivity index (χ0) is 12.1. The molecular formula is C15H30N2. The van der Waals surface area contributed by atoms with Crippen LogP contribution in [-0.2, 0) is 0 Å². The van der Waals surface area contributed by atoms with Crippen molar-refractivity contribution in [1.82, 2.24) is 10.2 Å². The fourth-order valence-corrected chi connectivity index (χ4v) is 3.73. The molecule has 0 radical (unpaired) electrons. The van der Waals surface area contributed by atoms with Gasteiger partial charge in [-0.05, 0) is 58.5 Å². The maximum atomic E-state index is 3.43. The van der Waals surface area contributed by atoms with E-state index in [0.29, 0.717) is 0 Å². The minimum atomic E-state index is 0.786. The van der Waals surface area contributed by atoms with Crippen LogP contribution in [0.25, 0.3) is 0 Å². The number of nitrogens with one attached hydrogen (secondary N) is 1. The lowest BCUT2D eigenvalue weighted by Crippen LogP contribution is -2.41. The molecule has 0 bridgehead atoms. The fraction of sp³-hybridized carbons (Fsp3) is 1.00. The highest BCUT2D eigenvalue weighted by molar-refractivity contribution is 4.82. The molecule has 0 amide bonds. The number of nitrogens with zero attached hydrogens (tertiary/aromatic N) is 1. The summed E-state index contributed by atoms with van der Waals surface area (Å²) in [5, 5.41) is 3.43. The molecule has 1 N–H and O–H groups in total. The maximum absolute atomic E-state index is 3.43. The van der Waals surface area contributed by atoms with Gasteiger partial charge < -0.3 is 10.2 Å². The molecule has 0 spiro atoms. The highest BCUT2D eigenvalue weighted by Gasteiger charge is 2.25. The van der Waals surface area contributed by atoms with Crippen molar-refractivity contribution in [3.63, 3.8) is 0 Å². The largest absolute Gasteiger partial charge is 0.317 e. The van der Waals surface area contributed by atoms with E-state index in [4.69, 9.17) is 0 Å². The summed E-state index contributed by atoms with van der Waals surface area (Å²) in [6.45, 7) is 1.36. The smallest absolute Gasteiger partial charge is 0.00934 e. The Morgan fingerprint density at radius 3 is 2.18 bits per heavy atom. The van der Waals surface area contributed by atoms with Crippen molar-refractivity contribution in [3.05, 3.63) is 0 Å². The highest BCUT2D eigenvalue weighted by Crippen LogP contribution is 2.27. The van der Waals surface area contributed by atoms with Crippen molar-refractivity contribution in [1.29, 1.82) is 0 Å². The van der Waals surface area contributed by atoms with Crippen LogP contribution in [0.15, 0.2) is 0 Å². The van der Waals surface area contributed by atoms with Gasteiger partial charge in [0.25, 0.3) is 0 Å². The lowest BCUT2D eigenvalue weighted by molar-refractivity contribution is 0.141. The van der Waals surface area contributed by atoms with E-state index in [1.807, 2.05) is 0 Å². The van der Waals surface area contributed by atoms with Gasteiger partial charge in [-0.2, -0.15) is 0 Å². The van der Waals surface area contributed by atoms with Crippen LogP contribution in [0.5, 0.6) is 0 Å². The Bertz CT molecular complexity index is 203. The van der Waals surface area contributed by atoms with Gasteiger partial charge in [-0.1, -0.05) is 19.3 Å². The monoisotopic (exact) mass is 238 g/mol. The molecule has 2 fully saturated rings. The van der Waals surface area contributed by atoms with Crippen molar-refractivity contribution in [3.8, 4) is 0 Å². The zero-order valence-electron chi connectivity index (χ0n) is 11.8. The number of rotatable bonds is 4. The summed E-state index contributed by atoms with van der Waals surface area (Å²) in [5.74, 6) is 0.996. The van der Waals surface area contributed by atoms with Gasteiger partial charge in [0.05, 0.1) is 0 Å². The molecule has 2 aliphatic carbocycles. The third-order valence-corrected chi connectivity index (χ3v) is 5.00. The summed E-state index contributed by atoms with van der Waals surface area (Å²) in [4.78, 5) is 2.67. The van der Waals surface area contributed by atoms with Crippen molar-refractivity contribution >= 4 is 0 Å². The van der Waals surface area contributed by atoms with Crippen LogP contribution < -0.4 is 5.32 Å². The predicted molar refractivity (Wildman–Crippen MR) is 74.3 cm³/mol. The van der Waals surface area contributed by atoms with Crippen LogP contribution in [0.1, 0.15) is 57.8 Å². The van der Waals surface area contributed by atoms with Crippen molar-refractivity contribution in [2.75, 3.05) is 20.6 Å². The molecule has 0 unspecified atom stereocenters. The predicted octanol–water partition coefficient (Wildman–Crippen LogP) is 3.03. The molecule has 0 heterocycles. The van der Waals surface area contributed by atoms with E-state index in [0.717, 1.165) is 18.0 Å². The second kappa shape index (κ2) is 6.75. The zero-order valence-corrected chi connectivity index (χ0v) is 11.8. The molecule has 2 nitrogen and oxygen atoms in total. The summed E-state index contributed by atoms with van der Waals surface area (Å²) >= 11 is 0. The summed E-state index contributed by atoms with van der Waals surface area (Å²) in [6, 6.07) is 1.65. The van der Waals surface area contributed by atoms with Crippen molar-refractivity contribution < 1.29 is 0 Å². The van der Waals surface area contributed by atoms with E-state index >= 15 is 0 Å². The third-order valence-electron chi connectivity index (χ3n) is 5.00. The molecule has 2 saturated carbocycles. The van der Waals surface area contributed by atoms with Crippen LogP contribution in [0.2, 0.25) is 0 Å². The van der Waals surface area contributed by atoms with Gasteiger partial charge in [0, 0.05) is 18.6 Å². The van der Waals surface area contributed by atoms with Gasteiger partial charge in [-0.15, -0.1) is 0 Å². The summed E-state index contributed by atoms with van der Waals surface area (Å²) in [7, 11) is 4.47. The average molecular weight is 238 g/mol. The van der Waals surface area contributed by atoms with Crippen LogP contribution in [0, 0.1) is 5.92 Å². The first-order valence-corrected chi connectivity index (χ1v) is 7.67. The quantitative estimate of drug-likeness (QED) is 0.810. The van der Waals surface area contributed by atoms with Gasteiger partial charge >= 0.3 is 0 Å². The van der Waals surface area contributed by atoms with Crippen LogP contribution >= 0.6 is 0 Å². The summed E-state index contributed by atoms with van der Waals surface area (Å²) in [6.07, 6.45) is 12.9. The Labute approximate surface area is 107 Å². The molecule has 17 heavy (non-hydrogen) atoms. The van der Waals surface area contributed by atoms with E-state index in [-0.39, 0.29) is 0 Å². The lowest BCUT2D eigenvalue weighted by atomic mass is 9.86. The minimum absolute atomic E-state index is 0.786. The van der Waals surface area contributed by atoms with Crippen LogP contribution in [0.3, 0.4) is 0 Å². The fourth-order valence-electron chi connectivity index (χ4n) is 3.73. The first-order chi connectivity index (χ1) is 8.29. The van der Waals surface area contributed by atoms with E-state index in [9.17, 15) is 0 Å². The van der Waals surface area contributed by atoms with E-state index in [2.05, 4.69) is 24.3 Å².